The molecule has 0 fully saturated rings. The third-order valence-corrected chi connectivity index (χ3v) is 4.53. The largest absolute Gasteiger partial charge is 0.493 e. The fraction of sp³-hybridized carbons (Fsp3) is 0.263. The summed E-state index contributed by atoms with van der Waals surface area (Å²) in [5, 5.41) is 8.44. The fourth-order valence-electron chi connectivity index (χ4n) is 2.41. The van der Waals surface area contributed by atoms with Gasteiger partial charge in [-0.05, 0) is 30.5 Å². The van der Waals surface area contributed by atoms with Crippen LogP contribution in [0.4, 0.5) is 5.69 Å². The van der Waals surface area contributed by atoms with Gasteiger partial charge in [0.2, 0.25) is 5.89 Å². The van der Waals surface area contributed by atoms with Crippen molar-refractivity contribution in [1.82, 2.24) is 10.3 Å². The van der Waals surface area contributed by atoms with Crippen LogP contribution in [0.15, 0.2) is 51.4 Å². The second-order valence-corrected chi connectivity index (χ2v) is 6.42. The van der Waals surface area contributed by atoms with Crippen molar-refractivity contribution in [2.24, 2.45) is 4.99 Å². The zero-order chi connectivity index (χ0) is 19.1. The third-order valence-electron chi connectivity index (χ3n) is 3.67. The van der Waals surface area contributed by atoms with E-state index in [1.165, 1.54) is 0 Å². The lowest BCUT2D eigenvalue weighted by Gasteiger charge is -2.14. The highest BCUT2D eigenvalue weighted by Crippen LogP contribution is 2.30. The van der Waals surface area contributed by atoms with E-state index in [0.29, 0.717) is 36.5 Å². The van der Waals surface area contributed by atoms with Gasteiger partial charge >= 0.3 is 0 Å². The summed E-state index contributed by atoms with van der Waals surface area (Å²) >= 11 is 1.59. The molecule has 2 aromatic heterocycles. The Hall–Kier alpha value is -2.27. The van der Waals surface area contributed by atoms with E-state index in [0.717, 1.165) is 16.3 Å². The number of nitrogens with zero attached hydrogens (tertiary/aromatic N) is 2. The Balaban J connectivity index is 0.00000280. The normalized spacial score (nSPS) is 10.9. The van der Waals surface area contributed by atoms with Gasteiger partial charge in [-0.25, -0.2) is 4.98 Å². The molecule has 0 bridgehead atoms. The molecule has 150 valence electrons. The molecule has 0 radical (unpaired) electrons. The summed E-state index contributed by atoms with van der Waals surface area (Å²) in [6.07, 6.45) is 1.65. The van der Waals surface area contributed by atoms with Gasteiger partial charge in [0.1, 0.15) is 6.26 Å². The van der Waals surface area contributed by atoms with E-state index in [9.17, 15) is 0 Å². The molecule has 0 atom stereocenters. The maximum atomic E-state index is 5.54. The first-order valence-electron chi connectivity index (χ1n) is 8.50. The number of hydrogen-bond acceptors (Lipinski definition) is 6. The quantitative estimate of drug-likeness (QED) is 0.272. The van der Waals surface area contributed by atoms with E-state index in [1.54, 1.807) is 31.8 Å². The summed E-state index contributed by atoms with van der Waals surface area (Å²) < 4.78 is 16.4. The van der Waals surface area contributed by atoms with Crippen LogP contribution in [-0.2, 0) is 6.54 Å². The van der Waals surface area contributed by atoms with E-state index in [-0.39, 0.29) is 24.0 Å². The molecule has 0 amide bonds. The molecule has 28 heavy (non-hydrogen) atoms. The Morgan fingerprint density at radius 3 is 2.82 bits per heavy atom. The summed E-state index contributed by atoms with van der Waals surface area (Å²) in [5.74, 6) is 2.61. The van der Waals surface area contributed by atoms with Gasteiger partial charge in [-0.2, -0.15) is 0 Å². The molecule has 0 aliphatic rings. The summed E-state index contributed by atoms with van der Waals surface area (Å²) in [6.45, 7) is 3.01. The lowest BCUT2D eigenvalue weighted by Crippen LogP contribution is -2.30. The monoisotopic (exact) mass is 514 g/mol. The molecule has 0 saturated carbocycles. The Labute approximate surface area is 185 Å². The Bertz CT molecular complexity index is 896. The number of aliphatic imine (C=N–C) groups is 1. The highest BCUT2D eigenvalue weighted by molar-refractivity contribution is 14.0. The topological polar surface area (TPSA) is 80.9 Å². The predicted molar refractivity (Wildman–Crippen MR) is 123 cm³/mol. The number of benzene rings is 1. The first-order valence-corrected chi connectivity index (χ1v) is 9.38. The van der Waals surface area contributed by atoms with E-state index < -0.39 is 0 Å². The van der Waals surface area contributed by atoms with E-state index in [4.69, 9.17) is 13.9 Å². The third kappa shape index (κ3) is 5.61. The van der Waals surface area contributed by atoms with Crippen molar-refractivity contribution < 1.29 is 13.9 Å². The van der Waals surface area contributed by atoms with Gasteiger partial charge in [-0.1, -0.05) is 6.07 Å². The zero-order valence-electron chi connectivity index (χ0n) is 15.9. The average Bonchev–Trinajstić information content (AvgIpc) is 3.37. The number of ether oxygens (including phenoxy) is 2. The predicted octanol–water partition coefficient (Wildman–Crippen LogP) is 4.62. The Morgan fingerprint density at radius 2 is 2.14 bits per heavy atom. The van der Waals surface area contributed by atoms with Crippen molar-refractivity contribution in [2.45, 2.75) is 13.5 Å². The number of thiophene rings is 1. The second kappa shape index (κ2) is 10.9. The number of guanidine groups is 1. The van der Waals surface area contributed by atoms with Crippen molar-refractivity contribution in [3.05, 3.63) is 47.7 Å². The van der Waals surface area contributed by atoms with Crippen LogP contribution >= 0.6 is 35.3 Å². The molecule has 0 spiro atoms. The van der Waals surface area contributed by atoms with Crippen LogP contribution in [0.25, 0.3) is 10.8 Å². The van der Waals surface area contributed by atoms with Crippen LogP contribution in [0.5, 0.6) is 11.5 Å². The first kappa shape index (κ1) is 22.0. The summed E-state index contributed by atoms with van der Waals surface area (Å²) in [5.41, 5.74) is 1.63. The molecule has 7 nitrogen and oxygen atoms in total. The fourth-order valence-corrected chi connectivity index (χ4v) is 3.07. The molecular formula is C19H23IN4O3S. The number of methoxy groups -OCH3 is 1. The van der Waals surface area contributed by atoms with Gasteiger partial charge < -0.3 is 24.5 Å². The lowest BCUT2D eigenvalue weighted by molar-refractivity contribution is 0.311. The van der Waals surface area contributed by atoms with Gasteiger partial charge in [-0.15, -0.1) is 35.3 Å². The van der Waals surface area contributed by atoms with Gasteiger partial charge in [0.25, 0.3) is 0 Å². The summed E-state index contributed by atoms with van der Waals surface area (Å²) in [7, 11) is 3.32. The molecule has 0 aliphatic carbocycles. The maximum absolute atomic E-state index is 5.54. The van der Waals surface area contributed by atoms with E-state index in [2.05, 4.69) is 20.6 Å². The zero-order valence-corrected chi connectivity index (χ0v) is 19.0. The molecule has 2 heterocycles. The number of oxazole rings is 1. The number of rotatable bonds is 7. The van der Waals surface area contributed by atoms with Crippen molar-refractivity contribution in [3.8, 4) is 22.3 Å². The van der Waals surface area contributed by atoms with E-state index in [1.807, 2.05) is 42.6 Å². The smallest absolute Gasteiger partial charge is 0.236 e. The molecule has 0 saturated heterocycles. The molecular weight excluding hydrogens is 491 g/mol. The standard InChI is InChI=1S/C19H22N4O3S.HI/c1-4-25-15-8-7-13(10-16(15)24-3)23-19(20-2)21-11-14-12-26-18(22-14)17-6-5-9-27-17;/h5-10,12H,4,11H2,1-3H3,(H2,20,21,23);1H. The van der Waals surface area contributed by atoms with Crippen LogP contribution in [0.3, 0.4) is 0 Å². The number of anilines is 1. The van der Waals surface area contributed by atoms with Gasteiger partial charge in [0, 0.05) is 18.8 Å². The molecule has 2 N–H and O–H groups in total. The number of nitrogens with one attached hydrogen (secondary N) is 2. The SMILES string of the molecule is CCOc1ccc(NC(=NC)NCc2coc(-c3cccs3)n2)cc1OC.I. The lowest BCUT2D eigenvalue weighted by atomic mass is 10.2. The van der Waals surface area contributed by atoms with Crippen molar-refractivity contribution in [3.63, 3.8) is 0 Å². The van der Waals surface area contributed by atoms with Crippen molar-refractivity contribution >= 4 is 47.0 Å². The molecule has 9 heteroatoms. The van der Waals surface area contributed by atoms with Crippen molar-refractivity contribution in [2.75, 3.05) is 26.1 Å². The second-order valence-electron chi connectivity index (χ2n) is 5.47. The summed E-state index contributed by atoms with van der Waals surface area (Å²) in [4.78, 5) is 9.73. The molecule has 3 aromatic rings. The molecule has 1 aromatic carbocycles. The molecule has 3 rings (SSSR count). The van der Waals surface area contributed by atoms with Crippen molar-refractivity contribution in [1.29, 1.82) is 0 Å². The Morgan fingerprint density at radius 1 is 1.29 bits per heavy atom. The average molecular weight is 514 g/mol. The summed E-state index contributed by atoms with van der Waals surface area (Å²) in [6, 6.07) is 9.59. The van der Waals surface area contributed by atoms with Gasteiger partial charge in [0.15, 0.2) is 17.5 Å². The molecule has 0 unspecified atom stereocenters. The van der Waals surface area contributed by atoms with Crippen LogP contribution in [0.1, 0.15) is 12.6 Å². The first-order chi connectivity index (χ1) is 13.2. The number of hydrogen-bond donors (Lipinski definition) is 2. The van der Waals surface area contributed by atoms with Crippen LogP contribution < -0.4 is 20.1 Å². The van der Waals surface area contributed by atoms with Crippen LogP contribution in [0, 0.1) is 0 Å². The van der Waals surface area contributed by atoms with Crippen LogP contribution in [0.2, 0.25) is 0 Å². The number of halogens is 1. The van der Waals surface area contributed by atoms with Gasteiger partial charge in [0.05, 0.1) is 30.8 Å². The minimum absolute atomic E-state index is 0. The minimum atomic E-state index is 0. The van der Waals surface area contributed by atoms with E-state index >= 15 is 0 Å². The number of aromatic nitrogens is 1. The Kier molecular flexibility index (Phi) is 8.58. The minimum Gasteiger partial charge on any atom is -0.493 e. The molecule has 0 aliphatic heterocycles. The highest BCUT2D eigenvalue weighted by Gasteiger charge is 2.09. The highest BCUT2D eigenvalue weighted by atomic mass is 127. The maximum Gasteiger partial charge on any atom is 0.236 e. The van der Waals surface area contributed by atoms with Crippen LogP contribution in [-0.4, -0.2) is 31.7 Å². The van der Waals surface area contributed by atoms with Gasteiger partial charge in [-0.3, -0.25) is 4.99 Å².